The number of carbonyl (C=O) groups excluding carboxylic acids is 1. The maximum atomic E-state index is 12.3. The number of sulfone groups is 1. The first-order valence-corrected chi connectivity index (χ1v) is 8.79. The van der Waals surface area contributed by atoms with Gasteiger partial charge in [-0.3, -0.25) is 4.79 Å². The molecule has 1 heterocycles. The van der Waals surface area contributed by atoms with Gasteiger partial charge in [0.25, 0.3) is 0 Å². The van der Waals surface area contributed by atoms with Gasteiger partial charge in [-0.1, -0.05) is 19.1 Å². The van der Waals surface area contributed by atoms with E-state index >= 15 is 0 Å². The molecule has 2 aliphatic rings. The van der Waals surface area contributed by atoms with Crippen molar-refractivity contribution in [2.75, 3.05) is 11.5 Å². The van der Waals surface area contributed by atoms with E-state index in [4.69, 9.17) is 18.0 Å². The number of carbonyl (C=O) groups is 1. The highest BCUT2D eigenvalue weighted by Gasteiger charge is 2.51. The topological polar surface area (TPSA) is 89.3 Å². The molecule has 1 aliphatic carbocycles. The Morgan fingerprint density at radius 3 is 2.53 bits per heavy atom. The first-order chi connectivity index (χ1) is 8.75. The minimum absolute atomic E-state index is 0.0295. The lowest BCUT2D eigenvalue weighted by Crippen LogP contribution is -2.58. The standard InChI is InChI=1S/C12H20N2O3S2/c1-8-5-12(6-8,10(13)18)11(15)14-9-3-2-4-19(16,17)7-9/h8-9H,2-7H2,1H3,(H2,13,18)(H,14,15). The normalized spacial score (nSPS) is 37.1. The second kappa shape index (κ2) is 5.01. The molecule has 3 N–H and O–H groups in total. The van der Waals surface area contributed by atoms with Crippen LogP contribution in [0.1, 0.15) is 32.6 Å². The fourth-order valence-electron chi connectivity index (χ4n) is 3.09. The van der Waals surface area contributed by atoms with E-state index in [0.717, 1.165) is 0 Å². The summed E-state index contributed by atoms with van der Waals surface area (Å²) in [7, 11) is -3.02. The van der Waals surface area contributed by atoms with E-state index in [2.05, 4.69) is 12.2 Å². The van der Waals surface area contributed by atoms with Crippen LogP contribution < -0.4 is 11.1 Å². The summed E-state index contributed by atoms with van der Waals surface area (Å²) in [6.07, 6.45) is 2.62. The van der Waals surface area contributed by atoms with E-state index < -0.39 is 15.3 Å². The number of hydrogen-bond acceptors (Lipinski definition) is 4. The number of amides is 1. The number of nitrogens with two attached hydrogens (primary N) is 1. The van der Waals surface area contributed by atoms with Crippen LogP contribution in [0.15, 0.2) is 0 Å². The predicted octanol–water partition coefficient (Wildman–Crippen LogP) is 0.382. The van der Waals surface area contributed by atoms with E-state index in [1.54, 1.807) is 0 Å². The molecule has 0 aromatic rings. The third kappa shape index (κ3) is 2.91. The number of nitrogens with one attached hydrogen (secondary N) is 1. The fraction of sp³-hybridized carbons (Fsp3) is 0.833. The first kappa shape index (κ1) is 14.7. The third-order valence-electron chi connectivity index (χ3n) is 4.10. The highest BCUT2D eigenvalue weighted by atomic mass is 32.2. The van der Waals surface area contributed by atoms with Gasteiger partial charge in [-0.2, -0.15) is 0 Å². The van der Waals surface area contributed by atoms with E-state index in [1.807, 2.05) is 0 Å². The first-order valence-electron chi connectivity index (χ1n) is 6.56. The average molecular weight is 304 g/mol. The van der Waals surface area contributed by atoms with Crippen LogP contribution in [-0.4, -0.2) is 36.9 Å². The zero-order valence-electron chi connectivity index (χ0n) is 11.0. The molecule has 5 nitrogen and oxygen atoms in total. The van der Waals surface area contributed by atoms with Crippen molar-refractivity contribution in [1.29, 1.82) is 0 Å². The minimum atomic E-state index is -3.02. The summed E-state index contributed by atoms with van der Waals surface area (Å²) < 4.78 is 23.1. The van der Waals surface area contributed by atoms with Crippen molar-refractivity contribution < 1.29 is 13.2 Å². The Hall–Kier alpha value is -0.690. The van der Waals surface area contributed by atoms with Gasteiger partial charge in [-0.25, -0.2) is 8.42 Å². The summed E-state index contributed by atoms with van der Waals surface area (Å²) in [6, 6.07) is -0.298. The van der Waals surface area contributed by atoms with Gasteiger partial charge in [0.15, 0.2) is 9.84 Å². The molecule has 0 radical (unpaired) electrons. The Morgan fingerprint density at radius 1 is 1.42 bits per heavy atom. The minimum Gasteiger partial charge on any atom is -0.392 e. The van der Waals surface area contributed by atoms with Gasteiger partial charge in [0.1, 0.15) is 0 Å². The Labute approximate surface area is 119 Å². The molecule has 1 aliphatic heterocycles. The molecule has 7 heteroatoms. The molecule has 1 unspecified atom stereocenters. The summed E-state index contributed by atoms with van der Waals surface area (Å²) in [4.78, 5) is 12.6. The molecule has 0 spiro atoms. The van der Waals surface area contributed by atoms with Crippen molar-refractivity contribution in [3.63, 3.8) is 0 Å². The Bertz CT molecular complexity index is 495. The lowest BCUT2D eigenvalue weighted by molar-refractivity contribution is -0.133. The molecule has 0 aromatic heterocycles. The van der Waals surface area contributed by atoms with Crippen molar-refractivity contribution in [2.45, 2.75) is 38.6 Å². The molecule has 0 bridgehead atoms. The Morgan fingerprint density at radius 2 is 2.05 bits per heavy atom. The molecule has 1 amide bonds. The second-order valence-electron chi connectivity index (χ2n) is 5.89. The third-order valence-corrected chi connectivity index (χ3v) is 6.31. The molecule has 1 saturated heterocycles. The van der Waals surface area contributed by atoms with Crippen molar-refractivity contribution >= 4 is 33.0 Å². The lowest BCUT2D eigenvalue weighted by atomic mass is 9.62. The Balaban J connectivity index is 2.03. The summed E-state index contributed by atoms with van der Waals surface area (Å²) in [5.41, 5.74) is 4.95. The van der Waals surface area contributed by atoms with Crippen LogP contribution in [0.3, 0.4) is 0 Å². The fourth-order valence-corrected chi connectivity index (χ4v) is 4.98. The molecule has 108 valence electrons. The van der Waals surface area contributed by atoms with Gasteiger partial charge >= 0.3 is 0 Å². The van der Waals surface area contributed by atoms with Gasteiger partial charge in [0, 0.05) is 6.04 Å². The van der Waals surface area contributed by atoms with Gasteiger partial charge in [0.2, 0.25) is 5.91 Å². The molecule has 0 aromatic carbocycles. The maximum Gasteiger partial charge on any atom is 0.233 e. The van der Waals surface area contributed by atoms with E-state index in [9.17, 15) is 13.2 Å². The zero-order chi connectivity index (χ0) is 14.3. The van der Waals surface area contributed by atoms with E-state index in [1.165, 1.54) is 0 Å². The van der Waals surface area contributed by atoms with Crippen LogP contribution in [-0.2, 0) is 14.6 Å². The largest absolute Gasteiger partial charge is 0.392 e. The van der Waals surface area contributed by atoms with Gasteiger partial charge in [-0.05, 0) is 31.6 Å². The molecular weight excluding hydrogens is 284 g/mol. The summed E-state index contributed by atoms with van der Waals surface area (Å²) in [5, 5.41) is 2.83. The van der Waals surface area contributed by atoms with Crippen molar-refractivity contribution in [3.05, 3.63) is 0 Å². The molecule has 1 atom stereocenters. The summed E-state index contributed by atoms with van der Waals surface area (Å²) in [5.74, 6) is 0.487. The van der Waals surface area contributed by atoms with E-state index in [-0.39, 0.29) is 28.4 Å². The summed E-state index contributed by atoms with van der Waals surface area (Å²) in [6.45, 7) is 2.05. The summed E-state index contributed by atoms with van der Waals surface area (Å²) >= 11 is 5.02. The van der Waals surface area contributed by atoms with Gasteiger partial charge in [-0.15, -0.1) is 0 Å². The van der Waals surface area contributed by atoms with Gasteiger partial charge in [0.05, 0.1) is 21.9 Å². The highest BCUT2D eigenvalue weighted by molar-refractivity contribution is 7.91. The number of hydrogen-bond donors (Lipinski definition) is 2. The average Bonchev–Trinajstić information content (AvgIpc) is 2.22. The van der Waals surface area contributed by atoms with Crippen LogP contribution >= 0.6 is 12.2 Å². The van der Waals surface area contributed by atoms with Gasteiger partial charge < -0.3 is 11.1 Å². The van der Waals surface area contributed by atoms with Crippen LogP contribution in [0.5, 0.6) is 0 Å². The maximum absolute atomic E-state index is 12.3. The molecular formula is C12H20N2O3S2. The SMILES string of the molecule is CC1CC(C(=O)NC2CCCS(=O)(=O)C2)(C(N)=S)C1. The zero-order valence-corrected chi connectivity index (χ0v) is 12.6. The van der Waals surface area contributed by atoms with Crippen LogP contribution in [0.2, 0.25) is 0 Å². The van der Waals surface area contributed by atoms with E-state index in [0.29, 0.717) is 31.6 Å². The molecule has 2 fully saturated rings. The second-order valence-corrected chi connectivity index (χ2v) is 8.56. The lowest BCUT2D eigenvalue weighted by Gasteiger charge is -2.44. The quantitative estimate of drug-likeness (QED) is 0.736. The molecule has 2 rings (SSSR count). The molecule has 1 saturated carbocycles. The number of rotatable bonds is 3. The Kier molecular flexibility index (Phi) is 3.88. The van der Waals surface area contributed by atoms with Crippen molar-refractivity contribution in [3.8, 4) is 0 Å². The van der Waals surface area contributed by atoms with Crippen molar-refractivity contribution in [1.82, 2.24) is 5.32 Å². The predicted molar refractivity (Wildman–Crippen MR) is 77.4 cm³/mol. The van der Waals surface area contributed by atoms with Crippen molar-refractivity contribution in [2.24, 2.45) is 17.1 Å². The smallest absolute Gasteiger partial charge is 0.233 e. The molecule has 19 heavy (non-hydrogen) atoms. The monoisotopic (exact) mass is 304 g/mol. The van der Waals surface area contributed by atoms with Crippen LogP contribution in [0.25, 0.3) is 0 Å². The van der Waals surface area contributed by atoms with Crippen LogP contribution in [0, 0.1) is 11.3 Å². The number of thiocarbonyl (C=S) groups is 1. The highest BCUT2D eigenvalue weighted by Crippen LogP contribution is 2.46. The van der Waals surface area contributed by atoms with Crippen LogP contribution in [0.4, 0.5) is 0 Å².